The normalized spacial score (nSPS) is 10.8. The van der Waals surface area contributed by atoms with E-state index in [1.165, 1.54) is 4.52 Å². The van der Waals surface area contributed by atoms with Gasteiger partial charge in [0.25, 0.3) is 11.7 Å². The van der Waals surface area contributed by atoms with Crippen LogP contribution in [0, 0.1) is 6.92 Å². The van der Waals surface area contributed by atoms with Crippen molar-refractivity contribution in [2.75, 3.05) is 5.32 Å². The Morgan fingerprint density at radius 1 is 1.08 bits per heavy atom. The molecule has 0 saturated carbocycles. The van der Waals surface area contributed by atoms with Crippen LogP contribution in [0.3, 0.4) is 0 Å². The molecule has 0 bridgehead atoms. The number of carbonyl (C=O) groups is 1. The van der Waals surface area contributed by atoms with E-state index in [9.17, 15) is 4.79 Å². The molecule has 2 aromatic carbocycles. The minimum absolute atomic E-state index is 0.282. The summed E-state index contributed by atoms with van der Waals surface area (Å²) in [4.78, 5) is 21.4. The zero-order valence-electron chi connectivity index (χ0n) is 13.8. The van der Waals surface area contributed by atoms with Crippen LogP contribution in [0.4, 0.5) is 5.69 Å². The SMILES string of the molecule is Cc1nc2nc(-c3ccccc3)nn2cc1C(=O)Nc1cccc(Cl)c1. The van der Waals surface area contributed by atoms with Crippen molar-refractivity contribution >= 4 is 29.0 Å². The third kappa shape index (κ3) is 3.14. The molecular weight excluding hydrogens is 350 g/mol. The summed E-state index contributed by atoms with van der Waals surface area (Å²) in [5.74, 6) is 0.724. The number of halogens is 1. The van der Waals surface area contributed by atoms with E-state index in [1.807, 2.05) is 30.3 Å². The van der Waals surface area contributed by atoms with E-state index >= 15 is 0 Å². The molecule has 26 heavy (non-hydrogen) atoms. The molecule has 0 aliphatic heterocycles. The van der Waals surface area contributed by atoms with E-state index in [-0.39, 0.29) is 5.91 Å². The van der Waals surface area contributed by atoms with Crippen LogP contribution in [0.5, 0.6) is 0 Å². The lowest BCUT2D eigenvalue weighted by molar-refractivity contribution is 0.102. The molecule has 0 unspecified atom stereocenters. The number of hydrogen-bond acceptors (Lipinski definition) is 4. The van der Waals surface area contributed by atoms with Crippen molar-refractivity contribution in [2.45, 2.75) is 6.92 Å². The molecule has 0 aliphatic rings. The molecule has 7 heteroatoms. The molecule has 2 aromatic heterocycles. The number of carbonyl (C=O) groups excluding carboxylic acids is 1. The monoisotopic (exact) mass is 363 g/mol. The first kappa shape index (κ1) is 16.2. The molecule has 0 aliphatic carbocycles. The number of aromatic nitrogens is 4. The van der Waals surface area contributed by atoms with Gasteiger partial charge in [-0.2, -0.15) is 4.98 Å². The minimum Gasteiger partial charge on any atom is -0.322 e. The maximum atomic E-state index is 12.6. The highest BCUT2D eigenvalue weighted by atomic mass is 35.5. The van der Waals surface area contributed by atoms with Crippen LogP contribution >= 0.6 is 11.6 Å². The summed E-state index contributed by atoms with van der Waals surface area (Å²) in [6.45, 7) is 1.77. The molecule has 4 aromatic rings. The van der Waals surface area contributed by atoms with E-state index in [1.54, 1.807) is 37.4 Å². The van der Waals surface area contributed by atoms with Gasteiger partial charge in [-0.1, -0.05) is 48.0 Å². The van der Waals surface area contributed by atoms with Gasteiger partial charge in [0.15, 0.2) is 5.82 Å². The zero-order valence-corrected chi connectivity index (χ0v) is 14.6. The molecular formula is C19H14ClN5O. The fraction of sp³-hybridized carbons (Fsp3) is 0.0526. The second-order valence-corrected chi connectivity index (χ2v) is 6.19. The van der Waals surface area contributed by atoms with Gasteiger partial charge in [-0.05, 0) is 25.1 Å². The summed E-state index contributed by atoms with van der Waals surface area (Å²) in [7, 11) is 0. The van der Waals surface area contributed by atoms with Crippen LogP contribution in [0.15, 0.2) is 60.8 Å². The second-order valence-electron chi connectivity index (χ2n) is 5.75. The first-order valence-corrected chi connectivity index (χ1v) is 8.34. The number of rotatable bonds is 3. The van der Waals surface area contributed by atoms with Gasteiger partial charge in [0, 0.05) is 22.5 Å². The number of fused-ring (bicyclic) bond motifs is 1. The summed E-state index contributed by atoms with van der Waals surface area (Å²) in [6, 6.07) is 16.6. The molecule has 1 N–H and O–H groups in total. The third-order valence-electron chi connectivity index (χ3n) is 3.88. The molecule has 4 rings (SSSR count). The maximum absolute atomic E-state index is 12.6. The molecule has 0 radical (unpaired) electrons. The minimum atomic E-state index is -0.282. The van der Waals surface area contributed by atoms with Crippen LogP contribution in [0.2, 0.25) is 5.02 Å². The van der Waals surface area contributed by atoms with Crippen LogP contribution < -0.4 is 5.32 Å². The van der Waals surface area contributed by atoms with Crippen LogP contribution in [-0.4, -0.2) is 25.5 Å². The van der Waals surface area contributed by atoms with Gasteiger partial charge >= 0.3 is 0 Å². The first-order chi connectivity index (χ1) is 12.6. The van der Waals surface area contributed by atoms with Crippen molar-refractivity contribution < 1.29 is 4.79 Å². The zero-order chi connectivity index (χ0) is 18.1. The van der Waals surface area contributed by atoms with Crippen LogP contribution in [0.25, 0.3) is 17.2 Å². The van der Waals surface area contributed by atoms with E-state index in [2.05, 4.69) is 20.4 Å². The van der Waals surface area contributed by atoms with Gasteiger partial charge in [0.05, 0.1) is 11.3 Å². The molecule has 0 fully saturated rings. The maximum Gasteiger partial charge on any atom is 0.259 e. The van der Waals surface area contributed by atoms with Crippen molar-refractivity contribution in [3.63, 3.8) is 0 Å². The van der Waals surface area contributed by atoms with Crippen LogP contribution in [-0.2, 0) is 0 Å². The fourth-order valence-corrected chi connectivity index (χ4v) is 2.79. The second kappa shape index (κ2) is 6.57. The van der Waals surface area contributed by atoms with Gasteiger partial charge in [-0.3, -0.25) is 4.79 Å². The van der Waals surface area contributed by atoms with Crippen molar-refractivity contribution in [3.8, 4) is 11.4 Å². The van der Waals surface area contributed by atoms with Crippen molar-refractivity contribution in [1.29, 1.82) is 0 Å². The van der Waals surface area contributed by atoms with E-state index in [0.29, 0.717) is 33.6 Å². The predicted octanol–water partition coefficient (Wildman–Crippen LogP) is 4.01. The van der Waals surface area contributed by atoms with Crippen molar-refractivity contribution in [2.24, 2.45) is 0 Å². The van der Waals surface area contributed by atoms with Crippen molar-refractivity contribution in [1.82, 2.24) is 19.6 Å². The molecule has 1 amide bonds. The summed E-state index contributed by atoms with van der Waals surface area (Å²) in [6.07, 6.45) is 1.64. The van der Waals surface area contributed by atoms with E-state index < -0.39 is 0 Å². The lowest BCUT2D eigenvalue weighted by atomic mass is 10.2. The molecule has 0 atom stereocenters. The average molecular weight is 364 g/mol. The molecule has 0 saturated heterocycles. The number of amides is 1. The third-order valence-corrected chi connectivity index (χ3v) is 4.12. The topological polar surface area (TPSA) is 72.2 Å². The Bertz CT molecular complexity index is 1110. The van der Waals surface area contributed by atoms with E-state index in [4.69, 9.17) is 11.6 Å². The van der Waals surface area contributed by atoms with Gasteiger partial charge in [0.2, 0.25) is 0 Å². The lowest BCUT2D eigenvalue weighted by Crippen LogP contribution is -2.15. The standard InChI is InChI=1S/C19H14ClN5O/c1-12-16(18(26)22-15-9-5-8-14(20)10-15)11-25-19(21-12)23-17(24-25)13-6-3-2-4-7-13/h2-11H,1H3,(H,22,26). The summed E-state index contributed by atoms with van der Waals surface area (Å²) in [5.41, 5.74) is 2.50. The Balaban J connectivity index is 1.69. The number of nitrogens with one attached hydrogen (secondary N) is 1. The van der Waals surface area contributed by atoms with Gasteiger partial charge < -0.3 is 5.32 Å². The predicted molar refractivity (Wildman–Crippen MR) is 100 cm³/mol. The smallest absolute Gasteiger partial charge is 0.259 e. The lowest BCUT2D eigenvalue weighted by Gasteiger charge is -2.07. The molecule has 128 valence electrons. The Morgan fingerprint density at radius 2 is 1.88 bits per heavy atom. The largest absolute Gasteiger partial charge is 0.322 e. The van der Waals surface area contributed by atoms with Gasteiger partial charge in [0.1, 0.15) is 0 Å². The number of anilines is 1. The van der Waals surface area contributed by atoms with Crippen LogP contribution in [0.1, 0.15) is 16.1 Å². The summed E-state index contributed by atoms with van der Waals surface area (Å²) >= 11 is 5.96. The number of aryl methyl sites for hydroxylation is 1. The van der Waals surface area contributed by atoms with Crippen molar-refractivity contribution in [3.05, 3.63) is 77.1 Å². The quantitative estimate of drug-likeness (QED) is 0.597. The summed E-state index contributed by atoms with van der Waals surface area (Å²) < 4.78 is 1.52. The average Bonchev–Trinajstić information content (AvgIpc) is 3.04. The molecule has 2 heterocycles. The molecule has 6 nitrogen and oxygen atoms in total. The van der Waals surface area contributed by atoms with Gasteiger partial charge in [-0.25, -0.2) is 9.50 Å². The Kier molecular flexibility index (Phi) is 4.10. The Morgan fingerprint density at radius 3 is 2.65 bits per heavy atom. The number of hydrogen-bond donors (Lipinski definition) is 1. The number of benzene rings is 2. The highest BCUT2D eigenvalue weighted by molar-refractivity contribution is 6.31. The summed E-state index contributed by atoms with van der Waals surface area (Å²) in [5, 5.41) is 7.80. The van der Waals surface area contributed by atoms with E-state index in [0.717, 1.165) is 5.56 Å². The first-order valence-electron chi connectivity index (χ1n) is 7.96. The number of nitrogens with zero attached hydrogens (tertiary/aromatic N) is 4. The Labute approximate surface area is 154 Å². The van der Waals surface area contributed by atoms with Gasteiger partial charge in [-0.15, -0.1) is 5.10 Å². The molecule has 0 spiro atoms. The highest BCUT2D eigenvalue weighted by Crippen LogP contribution is 2.18. The fourth-order valence-electron chi connectivity index (χ4n) is 2.60. The highest BCUT2D eigenvalue weighted by Gasteiger charge is 2.15. The Hall–Kier alpha value is -3.25.